The van der Waals surface area contributed by atoms with E-state index in [-0.39, 0.29) is 0 Å². The molecule has 0 nitrogen and oxygen atoms in total. The standard InChI is InChI=1S/C15H21Br/c1-11-8-9-14(12(2)10-11)15(16)13-6-4-3-5-7-13/h8-10,13,15H,3-7H2,1-2H3. The Kier molecular flexibility index (Phi) is 4.07. The van der Waals surface area contributed by atoms with Crippen LogP contribution in [0.4, 0.5) is 0 Å². The van der Waals surface area contributed by atoms with Crippen molar-refractivity contribution >= 4 is 15.9 Å². The Morgan fingerprint density at radius 2 is 1.81 bits per heavy atom. The molecule has 1 atom stereocenters. The van der Waals surface area contributed by atoms with Crippen LogP contribution in [0, 0.1) is 19.8 Å². The number of aryl methyl sites for hydroxylation is 2. The van der Waals surface area contributed by atoms with Crippen LogP contribution in [0.2, 0.25) is 0 Å². The average molecular weight is 281 g/mol. The zero-order valence-electron chi connectivity index (χ0n) is 10.3. The minimum absolute atomic E-state index is 0.563. The first kappa shape index (κ1) is 12.2. The molecule has 1 aliphatic rings. The third-order valence-corrected chi connectivity index (χ3v) is 5.03. The van der Waals surface area contributed by atoms with Gasteiger partial charge in [-0.1, -0.05) is 59.0 Å². The smallest absolute Gasteiger partial charge is 0.0426 e. The fourth-order valence-corrected chi connectivity index (χ4v) is 3.86. The zero-order chi connectivity index (χ0) is 11.5. The van der Waals surface area contributed by atoms with Crippen LogP contribution in [0.3, 0.4) is 0 Å². The molecule has 0 spiro atoms. The Labute approximate surface area is 108 Å². The number of rotatable bonds is 2. The molecule has 0 N–H and O–H groups in total. The van der Waals surface area contributed by atoms with Crippen molar-refractivity contribution in [2.45, 2.75) is 50.8 Å². The second-order valence-electron chi connectivity index (χ2n) is 5.16. The lowest BCUT2D eigenvalue weighted by Crippen LogP contribution is -2.12. The van der Waals surface area contributed by atoms with E-state index in [1.807, 2.05) is 0 Å². The number of hydrogen-bond donors (Lipinski definition) is 0. The van der Waals surface area contributed by atoms with Crippen molar-refractivity contribution in [2.75, 3.05) is 0 Å². The summed E-state index contributed by atoms with van der Waals surface area (Å²) in [5.74, 6) is 0.843. The summed E-state index contributed by atoms with van der Waals surface area (Å²) >= 11 is 3.92. The summed E-state index contributed by atoms with van der Waals surface area (Å²) in [6.07, 6.45) is 7.05. The molecule has 0 amide bonds. The summed E-state index contributed by atoms with van der Waals surface area (Å²) in [6.45, 7) is 4.40. The fourth-order valence-electron chi connectivity index (χ4n) is 2.82. The molecule has 88 valence electrons. The molecule has 1 fully saturated rings. The molecular formula is C15H21Br. The Morgan fingerprint density at radius 1 is 1.12 bits per heavy atom. The maximum absolute atomic E-state index is 3.92. The van der Waals surface area contributed by atoms with Crippen LogP contribution in [-0.2, 0) is 0 Å². The van der Waals surface area contributed by atoms with Crippen molar-refractivity contribution in [1.82, 2.24) is 0 Å². The lowest BCUT2D eigenvalue weighted by atomic mass is 9.83. The van der Waals surface area contributed by atoms with Crippen molar-refractivity contribution < 1.29 is 0 Å². The molecule has 1 unspecified atom stereocenters. The van der Waals surface area contributed by atoms with E-state index < -0.39 is 0 Å². The highest BCUT2D eigenvalue weighted by molar-refractivity contribution is 9.09. The number of benzene rings is 1. The van der Waals surface area contributed by atoms with Gasteiger partial charge < -0.3 is 0 Å². The molecule has 2 rings (SSSR count). The molecule has 0 bridgehead atoms. The average Bonchev–Trinajstić information content (AvgIpc) is 2.29. The zero-order valence-corrected chi connectivity index (χ0v) is 11.9. The van der Waals surface area contributed by atoms with Crippen LogP contribution in [-0.4, -0.2) is 0 Å². The van der Waals surface area contributed by atoms with Crippen LogP contribution in [0.5, 0.6) is 0 Å². The van der Waals surface area contributed by atoms with E-state index >= 15 is 0 Å². The van der Waals surface area contributed by atoms with Gasteiger partial charge >= 0.3 is 0 Å². The van der Waals surface area contributed by atoms with Gasteiger partial charge in [0.2, 0.25) is 0 Å². The van der Waals surface area contributed by atoms with Gasteiger partial charge in [-0.15, -0.1) is 0 Å². The monoisotopic (exact) mass is 280 g/mol. The van der Waals surface area contributed by atoms with Crippen molar-refractivity contribution in [2.24, 2.45) is 5.92 Å². The van der Waals surface area contributed by atoms with E-state index in [0.717, 1.165) is 5.92 Å². The van der Waals surface area contributed by atoms with Gasteiger partial charge in [0.25, 0.3) is 0 Å². The van der Waals surface area contributed by atoms with E-state index in [1.165, 1.54) is 48.8 Å². The highest BCUT2D eigenvalue weighted by atomic mass is 79.9. The van der Waals surface area contributed by atoms with Gasteiger partial charge in [0.1, 0.15) is 0 Å². The second kappa shape index (κ2) is 5.35. The van der Waals surface area contributed by atoms with E-state index in [0.29, 0.717) is 4.83 Å². The fraction of sp³-hybridized carbons (Fsp3) is 0.600. The van der Waals surface area contributed by atoms with Crippen LogP contribution in [0.25, 0.3) is 0 Å². The number of alkyl halides is 1. The quantitative estimate of drug-likeness (QED) is 0.643. The molecule has 1 aromatic rings. The third-order valence-electron chi connectivity index (χ3n) is 3.79. The lowest BCUT2D eigenvalue weighted by molar-refractivity contribution is 0.354. The molecular weight excluding hydrogens is 260 g/mol. The van der Waals surface area contributed by atoms with Gasteiger partial charge in [-0.2, -0.15) is 0 Å². The topological polar surface area (TPSA) is 0 Å². The molecule has 0 saturated heterocycles. The van der Waals surface area contributed by atoms with E-state index in [9.17, 15) is 0 Å². The van der Waals surface area contributed by atoms with Gasteiger partial charge in [0.05, 0.1) is 0 Å². The molecule has 0 radical (unpaired) electrons. The molecule has 1 aliphatic carbocycles. The number of hydrogen-bond acceptors (Lipinski definition) is 0. The van der Waals surface area contributed by atoms with Gasteiger partial charge in [-0.3, -0.25) is 0 Å². The Hall–Kier alpha value is -0.300. The minimum Gasteiger partial charge on any atom is -0.0836 e. The Morgan fingerprint density at radius 3 is 2.44 bits per heavy atom. The molecule has 1 saturated carbocycles. The van der Waals surface area contributed by atoms with Crippen LogP contribution in [0.15, 0.2) is 18.2 Å². The van der Waals surface area contributed by atoms with Crippen molar-refractivity contribution in [3.63, 3.8) is 0 Å². The van der Waals surface area contributed by atoms with Crippen molar-refractivity contribution in [1.29, 1.82) is 0 Å². The third kappa shape index (κ3) is 2.68. The van der Waals surface area contributed by atoms with Crippen LogP contribution >= 0.6 is 15.9 Å². The minimum atomic E-state index is 0.563. The summed E-state index contributed by atoms with van der Waals surface area (Å²) < 4.78 is 0. The maximum Gasteiger partial charge on any atom is 0.0426 e. The second-order valence-corrected chi connectivity index (χ2v) is 6.15. The molecule has 1 heteroatoms. The maximum atomic E-state index is 3.92. The largest absolute Gasteiger partial charge is 0.0836 e. The first-order valence-electron chi connectivity index (χ1n) is 6.39. The summed E-state index contributed by atoms with van der Waals surface area (Å²) in [5, 5.41) is 0. The van der Waals surface area contributed by atoms with E-state index in [1.54, 1.807) is 0 Å². The summed E-state index contributed by atoms with van der Waals surface area (Å²) in [7, 11) is 0. The van der Waals surface area contributed by atoms with Crippen LogP contribution in [0.1, 0.15) is 53.6 Å². The molecule has 0 aromatic heterocycles. The highest BCUT2D eigenvalue weighted by Crippen LogP contribution is 2.41. The molecule has 1 aromatic carbocycles. The SMILES string of the molecule is Cc1ccc(C(Br)C2CCCCC2)c(C)c1. The summed E-state index contributed by atoms with van der Waals surface area (Å²) in [6, 6.07) is 6.84. The molecule has 0 heterocycles. The first-order valence-corrected chi connectivity index (χ1v) is 7.31. The summed E-state index contributed by atoms with van der Waals surface area (Å²) in [5.41, 5.74) is 4.30. The highest BCUT2D eigenvalue weighted by Gasteiger charge is 2.23. The lowest BCUT2D eigenvalue weighted by Gasteiger charge is -2.27. The Balaban J connectivity index is 2.15. The van der Waals surface area contributed by atoms with Crippen molar-refractivity contribution in [3.05, 3.63) is 34.9 Å². The predicted molar refractivity (Wildman–Crippen MR) is 74.2 cm³/mol. The van der Waals surface area contributed by atoms with Crippen molar-refractivity contribution in [3.8, 4) is 0 Å². The molecule has 0 aliphatic heterocycles. The predicted octanol–water partition coefficient (Wildman–Crippen LogP) is 5.32. The van der Waals surface area contributed by atoms with Gasteiger partial charge in [0.15, 0.2) is 0 Å². The number of halogens is 1. The van der Waals surface area contributed by atoms with Gasteiger partial charge in [0, 0.05) is 4.83 Å². The van der Waals surface area contributed by atoms with Gasteiger partial charge in [-0.25, -0.2) is 0 Å². The van der Waals surface area contributed by atoms with E-state index in [4.69, 9.17) is 0 Å². The van der Waals surface area contributed by atoms with Crippen LogP contribution < -0.4 is 0 Å². The first-order chi connectivity index (χ1) is 7.68. The normalized spacial score (nSPS) is 19.7. The summed E-state index contributed by atoms with van der Waals surface area (Å²) in [4.78, 5) is 0.563. The Bertz CT molecular complexity index is 350. The molecule has 16 heavy (non-hydrogen) atoms. The van der Waals surface area contributed by atoms with Gasteiger partial charge in [-0.05, 0) is 43.7 Å². The van der Waals surface area contributed by atoms with E-state index in [2.05, 4.69) is 48.0 Å².